The van der Waals surface area contributed by atoms with E-state index >= 15 is 0 Å². The number of rotatable bonds is 4. The zero-order valence-corrected chi connectivity index (χ0v) is 13.7. The molecule has 2 N–H and O–H groups in total. The molecule has 1 fully saturated rings. The van der Waals surface area contributed by atoms with E-state index in [0.717, 1.165) is 29.9 Å². The van der Waals surface area contributed by atoms with Crippen LogP contribution in [0.3, 0.4) is 0 Å². The van der Waals surface area contributed by atoms with Gasteiger partial charge in [0.15, 0.2) is 0 Å². The molecule has 0 aliphatic carbocycles. The Hall–Kier alpha value is -1.53. The van der Waals surface area contributed by atoms with E-state index < -0.39 is 11.8 Å². The fraction of sp³-hybridized carbons (Fsp3) is 0.500. The molecule has 1 aliphatic rings. The number of amides is 2. The predicted octanol–water partition coefficient (Wildman–Crippen LogP) is 2.34. The van der Waals surface area contributed by atoms with Gasteiger partial charge in [0.05, 0.1) is 6.10 Å². The summed E-state index contributed by atoms with van der Waals surface area (Å²) in [6, 6.07) is 7.44. The molecular weight excluding hydrogens is 300 g/mol. The molecule has 6 heteroatoms. The highest BCUT2D eigenvalue weighted by Gasteiger charge is 2.20. The maximum atomic E-state index is 12.0. The molecule has 0 bridgehead atoms. The van der Waals surface area contributed by atoms with Crippen LogP contribution in [0.4, 0.5) is 5.69 Å². The summed E-state index contributed by atoms with van der Waals surface area (Å²) in [6.07, 6.45) is 1.78. The highest BCUT2D eigenvalue weighted by molar-refractivity contribution is 7.99. The molecule has 0 radical (unpaired) electrons. The van der Waals surface area contributed by atoms with Crippen molar-refractivity contribution in [1.29, 1.82) is 0 Å². The third kappa shape index (κ3) is 4.74. The molecule has 2 rings (SSSR count). The maximum absolute atomic E-state index is 12.0. The lowest BCUT2D eigenvalue weighted by molar-refractivity contribution is -0.136. The van der Waals surface area contributed by atoms with Gasteiger partial charge in [-0.2, -0.15) is 11.8 Å². The van der Waals surface area contributed by atoms with Crippen molar-refractivity contribution in [1.82, 2.24) is 5.32 Å². The molecule has 0 aromatic heterocycles. The second kappa shape index (κ2) is 8.19. The number of thioether (sulfide) groups is 1. The number of hydrogen-bond acceptors (Lipinski definition) is 4. The van der Waals surface area contributed by atoms with Gasteiger partial charge in [-0.15, -0.1) is 0 Å². The highest BCUT2D eigenvalue weighted by atomic mass is 32.2. The zero-order chi connectivity index (χ0) is 15.9. The van der Waals surface area contributed by atoms with Gasteiger partial charge in [0.1, 0.15) is 0 Å². The van der Waals surface area contributed by atoms with E-state index in [-0.39, 0.29) is 12.1 Å². The van der Waals surface area contributed by atoms with Crippen LogP contribution in [0, 0.1) is 0 Å². The first-order chi connectivity index (χ1) is 10.6. The molecule has 1 atom stereocenters. The minimum absolute atomic E-state index is 0.0644. The first-order valence-corrected chi connectivity index (χ1v) is 8.58. The fourth-order valence-electron chi connectivity index (χ4n) is 2.29. The summed E-state index contributed by atoms with van der Waals surface area (Å²) in [7, 11) is 1.63. The van der Waals surface area contributed by atoms with Crippen LogP contribution in [-0.2, 0) is 14.3 Å². The van der Waals surface area contributed by atoms with Crippen molar-refractivity contribution in [2.24, 2.45) is 0 Å². The average molecular weight is 322 g/mol. The van der Waals surface area contributed by atoms with Gasteiger partial charge in [-0.3, -0.25) is 9.59 Å². The molecular formula is C16H22N2O3S. The third-order valence-electron chi connectivity index (χ3n) is 3.73. The van der Waals surface area contributed by atoms with Crippen molar-refractivity contribution in [2.75, 3.05) is 23.9 Å². The minimum atomic E-state index is -0.625. The van der Waals surface area contributed by atoms with Crippen molar-refractivity contribution in [3.8, 4) is 0 Å². The quantitative estimate of drug-likeness (QED) is 0.835. The molecule has 0 unspecified atom stereocenters. The van der Waals surface area contributed by atoms with E-state index in [4.69, 9.17) is 4.74 Å². The topological polar surface area (TPSA) is 67.4 Å². The second-order valence-corrected chi connectivity index (χ2v) is 6.54. The Labute approximate surface area is 135 Å². The van der Waals surface area contributed by atoms with E-state index in [1.165, 1.54) is 0 Å². The average Bonchev–Trinajstić information content (AvgIpc) is 2.55. The van der Waals surface area contributed by atoms with Gasteiger partial charge in [-0.25, -0.2) is 0 Å². The number of nitrogens with one attached hydrogen (secondary N) is 2. The molecule has 1 aromatic carbocycles. The van der Waals surface area contributed by atoms with E-state index in [1.807, 2.05) is 36.9 Å². The van der Waals surface area contributed by atoms with Crippen LogP contribution in [0.15, 0.2) is 24.3 Å². The largest absolute Gasteiger partial charge is 0.377 e. The maximum Gasteiger partial charge on any atom is 0.313 e. The van der Waals surface area contributed by atoms with Crippen molar-refractivity contribution < 1.29 is 14.3 Å². The number of methoxy groups -OCH3 is 1. The van der Waals surface area contributed by atoms with Crippen LogP contribution >= 0.6 is 11.8 Å². The summed E-state index contributed by atoms with van der Waals surface area (Å²) in [6.45, 7) is 1.93. The Morgan fingerprint density at radius 1 is 1.27 bits per heavy atom. The lowest BCUT2D eigenvalue weighted by atomic mass is 10.1. The van der Waals surface area contributed by atoms with Gasteiger partial charge < -0.3 is 15.4 Å². The second-order valence-electron chi connectivity index (χ2n) is 5.32. The number of anilines is 1. The summed E-state index contributed by atoms with van der Waals surface area (Å²) in [5.74, 6) is 0.870. The van der Waals surface area contributed by atoms with Crippen molar-refractivity contribution in [3.05, 3.63) is 29.8 Å². The summed E-state index contributed by atoms with van der Waals surface area (Å²) in [5.41, 5.74) is 1.55. The van der Waals surface area contributed by atoms with Gasteiger partial charge in [0.25, 0.3) is 0 Å². The molecule has 1 aromatic rings. The van der Waals surface area contributed by atoms with Crippen molar-refractivity contribution in [3.63, 3.8) is 0 Å². The molecule has 2 amide bonds. The zero-order valence-electron chi connectivity index (χ0n) is 12.9. The fourth-order valence-corrected chi connectivity index (χ4v) is 3.39. The SMILES string of the molecule is CO[C@@H](C)c1cccc(NC(=O)C(=O)NC2CCSCC2)c1. The number of hydrogen-bond donors (Lipinski definition) is 2. The van der Waals surface area contributed by atoms with E-state index in [2.05, 4.69) is 10.6 Å². The minimum Gasteiger partial charge on any atom is -0.377 e. The molecule has 5 nitrogen and oxygen atoms in total. The third-order valence-corrected chi connectivity index (χ3v) is 4.78. The van der Waals surface area contributed by atoms with Gasteiger partial charge >= 0.3 is 11.8 Å². The Morgan fingerprint density at radius 2 is 2.00 bits per heavy atom. The van der Waals surface area contributed by atoms with Crippen molar-refractivity contribution in [2.45, 2.75) is 31.9 Å². The number of benzene rings is 1. The summed E-state index contributed by atoms with van der Waals surface area (Å²) < 4.78 is 5.25. The molecule has 0 spiro atoms. The standard InChI is InChI=1S/C16H22N2O3S/c1-11(21-2)12-4-3-5-14(10-12)18-16(20)15(19)17-13-6-8-22-9-7-13/h3-5,10-11,13H,6-9H2,1-2H3,(H,17,19)(H,18,20)/t11-/m0/s1. The lowest BCUT2D eigenvalue weighted by Gasteiger charge is -2.22. The number of carbonyl (C=O) groups is 2. The number of carbonyl (C=O) groups excluding carboxylic acids is 2. The van der Waals surface area contributed by atoms with Crippen LogP contribution < -0.4 is 10.6 Å². The molecule has 1 saturated heterocycles. The van der Waals surface area contributed by atoms with Crippen molar-refractivity contribution >= 4 is 29.3 Å². The molecule has 1 heterocycles. The smallest absolute Gasteiger partial charge is 0.313 e. The van der Waals surface area contributed by atoms with Crippen LogP contribution in [0.5, 0.6) is 0 Å². The van der Waals surface area contributed by atoms with E-state index in [0.29, 0.717) is 5.69 Å². The number of ether oxygens (including phenoxy) is 1. The monoisotopic (exact) mass is 322 g/mol. The Morgan fingerprint density at radius 3 is 2.68 bits per heavy atom. The van der Waals surface area contributed by atoms with Crippen LogP contribution in [0.25, 0.3) is 0 Å². The van der Waals surface area contributed by atoms with E-state index in [9.17, 15) is 9.59 Å². The predicted molar refractivity (Wildman–Crippen MR) is 89.0 cm³/mol. The van der Waals surface area contributed by atoms with E-state index in [1.54, 1.807) is 13.2 Å². The van der Waals surface area contributed by atoms with Gasteiger partial charge in [0, 0.05) is 18.8 Å². The van der Waals surface area contributed by atoms with Crippen LogP contribution in [0.1, 0.15) is 31.4 Å². The Balaban J connectivity index is 1.91. The molecule has 22 heavy (non-hydrogen) atoms. The molecule has 1 aliphatic heterocycles. The van der Waals surface area contributed by atoms with Gasteiger partial charge in [0.2, 0.25) is 0 Å². The van der Waals surface area contributed by atoms with Gasteiger partial charge in [-0.1, -0.05) is 12.1 Å². The summed E-state index contributed by atoms with van der Waals surface area (Å²) in [4.78, 5) is 23.9. The normalized spacial score (nSPS) is 16.8. The van der Waals surface area contributed by atoms with Crippen LogP contribution in [0.2, 0.25) is 0 Å². The first kappa shape index (κ1) is 16.8. The first-order valence-electron chi connectivity index (χ1n) is 7.42. The molecule has 120 valence electrons. The van der Waals surface area contributed by atoms with Crippen LogP contribution in [-0.4, -0.2) is 36.5 Å². The molecule has 0 saturated carbocycles. The summed E-state index contributed by atoms with van der Waals surface area (Å²) in [5, 5.41) is 5.44. The highest BCUT2D eigenvalue weighted by Crippen LogP contribution is 2.20. The lowest BCUT2D eigenvalue weighted by Crippen LogP contribution is -2.43. The van der Waals surface area contributed by atoms with Gasteiger partial charge in [-0.05, 0) is 49.0 Å². The Bertz CT molecular complexity index is 530. The Kier molecular flexibility index (Phi) is 6.27. The summed E-state index contributed by atoms with van der Waals surface area (Å²) >= 11 is 1.88.